The van der Waals surface area contributed by atoms with Crippen LogP contribution in [0.25, 0.3) is 10.2 Å². The molecule has 0 saturated heterocycles. The topological polar surface area (TPSA) is 68.0 Å². The first-order valence-corrected chi connectivity index (χ1v) is 9.19. The van der Waals surface area contributed by atoms with Crippen molar-refractivity contribution >= 4 is 27.5 Å². The number of benzene rings is 1. The Bertz CT molecular complexity index is 616. The third-order valence-electron chi connectivity index (χ3n) is 4.68. The molecule has 1 unspecified atom stereocenters. The molecule has 0 spiro atoms. The number of para-hydroxylation sites is 1. The molecule has 23 heavy (non-hydrogen) atoms. The van der Waals surface area contributed by atoms with Crippen LogP contribution in [0.4, 0.5) is 0 Å². The van der Waals surface area contributed by atoms with E-state index in [1.54, 1.807) is 11.3 Å². The Morgan fingerprint density at radius 2 is 2.04 bits per heavy atom. The fraction of sp³-hybridized carbons (Fsp3) is 0.556. The molecule has 126 valence electrons. The maximum Gasteiger partial charge on any atom is 0.226 e. The molecule has 0 aliphatic rings. The second-order valence-electron chi connectivity index (χ2n) is 6.29. The van der Waals surface area contributed by atoms with Gasteiger partial charge in [0.15, 0.2) is 0 Å². The van der Waals surface area contributed by atoms with E-state index in [-0.39, 0.29) is 11.3 Å². The first-order valence-electron chi connectivity index (χ1n) is 8.37. The van der Waals surface area contributed by atoms with Crippen molar-refractivity contribution in [2.45, 2.75) is 40.0 Å². The van der Waals surface area contributed by atoms with E-state index in [0.29, 0.717) is 25.4 Å². The van der Waals surface area contributed by atoms with Crippen LogP contribution < -0.4 is 11.1 Å². The van der Waals surface area contributed by atoms with Gasteiger partial charge in [0.2, 0.25) is 5.91 Å². The Morgan fingerprint density at radius 3 is 2.65 bits per heavy atom. The molecule has 1 aromatic heterocycles. The van der Waals surface area contributed by atoms with Crippen molar-refractivity contribution in [3.63, 3.8) is 0 Å². The number of amides is 1. The number of carbonyl (C=O) groups excluding carboxylic acids is 1. The minimum absolute atomic E-state index is 0.127. The van der Waals surface area contributed by atoms with Crippen LogP contribution in [0, 0.1) is 11.3 Å². The molecular formula is C18H27N3OS. The van der Waals surface area contributed by atoms with Crippen molar-refractivity contribution in [1.29, 1.82) is 0 Å². The molecular weight excluding hydrogens is 306 g/mol. The van der Waals surface area contributed by atoms with E-state index in [4.69, 9.17) is 10.7 Å². The molecule has 0 bridgehead atoms. The summed E-state index contributed by atoms with van der Waals surface area (Å²) in [5, 5.41) is 4.13. The predicted molar refractivity (Wildman–Crippen MR) is 97.6 cm³/mol. The molecule has 0 radical (unpaired) electrons. The van der Waals surface area contributed by atoms with Crippen LogP contribution in [0.3, 0.4) is 0 Å². The number of rotatable bonds is 8. The van der Waals surface area contributed by atoms with Crippen LogP contribution in [-0.2, 0) is 11.2 Å². The lowest BCUT2D eigenvalue weighted by molar-refractivity contribution is -0.131. The number of carbonyl (C=O) groups is 1. The van der Waals surface area contributed by atoms with Crippen molar-refractivity contribution < 1.29 is 4.79 Å². The van der Waals surface area contributed by atoms with E-state index in [1.807, 2.05) is 25.1 Å². The van der Waals surface area contributed by atoms with Crippen LogP contribution >= 0.6 is 11.3 Å². The second kappa shape index (κ2) is 7.88. The van der Waals surface area contributed by atoms with Crippen LogP contribution in [0.5, 0.6) is 0 Å². The van der Waals surface area contributed by atoms with E-state index in [2.05, 4.69) is 25.2 Å². The molecule has 0 fully saturated rings. The summed E-state index contributed by atoms with van der Waals surface area (Å²) in [6, 6.07) is 8.13. The largest absolute Gasteiger partial charge is 0.355 e. The lowest BCUT2D eigenvalue weighted by atomic mass is 9.78. The number of hydrogen-bond acceptors (Lipinski definition) is 4. The van der Waals surface area contributed by atoms with Crippen molar-refractivity contribution in [1.82, 2.24) is 10.3 Å². The lowest BCUT2D eigenvalue weighted by Gasteiger charge is -2.30. The van der Waals surface area contributed by atoms with Gasteiger partial charge in [0.05, 0.1) is 20.6 Å². The number of hydrogen-bond donors (Lipinski definition) is 2. The second-order valence-corrected chi connectivity index (χ2v) is 7.41. The van der Waals surface area contributed by atoms with Crippen LogP contribution in [0.1, 0.15) is 38.6 Å². The highest BCUT2D eigenvalue weighted by Crippen LogP contribution is 2.34. The summed E-state index contributed by atoms with van der Waals surface area (Å²) in [6.45, 7) is 7.44. The summed E-state index contributed by atoms with van der Waals surface area (Å²) in [7, 11) is 0. The van der Waals surface area contributed by atoms with Crippen molar-refractivity contribution in [2.24, 2.45) is 17.1 Å². The molecule has 4 nitrogen and oxygen atoms in total. The van der Waals surface area contributed by atoms with Gasteiger partial charge in [0.25, 0.3) is 0 Å². The van der Waals surface area contributed by atoms with E-state index >= 15 is 0 Å². The van der Waals surface area contributed by atoms with E-state index in [0.717, 1.165) is 23.4 Å². The fourth-order valence-corrected chi connectivity index (χ4v) is 3.84. The average molecular weight is 334 g/mol. The molecule has 5 heteroatoms. The molecule has 2 rings (SSSR count). The van der Waals surface area contributed by atoms with Crippen molar-refractivity contribution in [3.8, 4) is 0 Å². The zero-order chi connectivity index (χ0) is 16.9. The summed E-state index contributed by atoms with van der Waals surface area (Å²) in [5.41, 5.74) is 6.27. The van der Waals surface area contributed by atoms with Crippen LogP contribution in [0.15, 0.2) is 24.3 Å². The number of nitrogens with two attached hydrogens (primary N) is 1. The Balaban J connectivity index is 2.17. The molecule has 0 saturated carbocycles. The van der Waals surface area contributed by atoms with Gasteiger partial charge in [-0.05, 0) is 37.4 Å². The third kappa shape index (κ3) is 4.09. The zero-order valence-corrected chi connectivity index (χ0v) is 15.1. The minimum atomic E-state index is -0.387. The molecule has 1 aromatic carbocycles. The van der Waals surface area contributed by atoms with Crippen LogP contribution in [0.2, 0.25) is 0 Å². The minimum Gasteiger partial charge on any atom is -0.355 e. The zero-order valence-electron chi connectivity index (χ0n) is 14.3. The summed E-state index contributed by atoms with van der Waals surface area (Å²) in [6.07, 6.45) is 2.31. The van der Waals surface area contributed by atoms with Gasteiger partial charge >= 0.3 is 0 Å². The van der Waals surface area contributed by atoms with Gasteiger partial charge in [-0.2, -0.15) is 0 Å². The molecule has 1 amide bonds. The highest BCUT2D eigenvalue weighted by molar-refractivity contribution is 7.18. The summed E-state index contributed by atoms with van der Waals surface area (Å²) >= 11 is 1.69. The predicted octanol–water partition coefficient (Wildman–Crippen LogP) is 3.36. The first-order chi connectivity index (χ1) is 11.0. The van der Waals surface area contributed by atoms with Gasteiger partial charge < -0.3 is 11.1 Å². The smallest absolute Gasteiger partial charge is 0.226 e. The average Bonchev–Trinajstić information content (AvgIpc) is 2.99. The molecule has 2 aromatic rings. The summed E-state index contributed by atoms with van der Waals surface area (Å²) in [4.78, 5) is 17.5. The summed E-state index contributed by atoms with van der Waals surface area (Å²) in [5.74, 6) is 0.426. The van der Waals surface area contributed by atoms with E-state index in [1.165, 1.54) is 4.70 Å². The number of nitrogens with zero attached hydrogens (tertiary/aromatic N) is 1. The maximum atomic E-state index is 12.8. The van der Waals surface area contributed by atoms with Crippen LogP contribution in [-0.4, -0.2) is 24.0 Å². The standard InChI is InChI=1S/C18H27N3OS/c1-4-18(5-2,17(22)20-12-13(3)11-19)10-16-21-14-8-6-7-9-15(14)23-16/h6-9,13H,4-5,10-12,19H2,1-3H3,(H,20,22). The maximum absolute atomic E-state index is 12.8. The Labute approximate surface area is 142 Å². The lowest BCUT2D eigenvalue weighted by Crippen LogP contribution is -2.44. The van der Waals surface area contributed by atoms with Crippen molar-refractivity contribution in [2.75, 3.05) is 13.1 Å². The fourth-order valence-electron chi connectivity index (χ4n) is 2.72. The Morgan fingerprint density at radius 1 is 1.35 bits per heavy atom. The van der Waals surface area contributed by atoms with Gasteiger partial charge in [0.1, 0.15) is 0 Å². The number of nitrogens with one attached hydrogen (secondary N) is 1. The van der Waals surface area contributed by atoms with Crippen molar-refractivity contribution in [3.05, 3.63) is 29.3 Å². The monoisotopic (exact) mass is 333 g/mol. The van der Waals surface area contributed by atoms with Gasteiger partial charge in [-0.3, -0.25) is 4.79 Å². The van der Waals surface area contributed by atoms with E-state index in [9.17, 15) is 4.79 Å². The van der Waals surface area contributed by atoms with Gasteiger partial charge in [-0.25, -0.2) is 4.98 Å². The van der Waals surface area contributed by atoms with Gasteiger partial charge in [-0.15, -0.1) is 11.3 Å². The Hall–Kier alpha value is -1.46. The molecule has 1 atom stereocenters. The number of aromatic nitrogens is 1. The third-order valence-corrected chi connectivity index (χ3v) is 5.71. The number of thiazole rings is 1. The van der Waals surface area contributed by atoms with E-state index < -0.39 is 0 Å². The highest BCUT2D eigenvalue weighted by atomic mass is 32.1. The quantitative estimate of drug-likeness (QED) is 0.778. The molecule has 0 aliphatic heterocycles. The first kappa shape index (κ1) is 17.9. The number of fused-ring (bicyclic) bond motifs is 1. The van der Waals surface area contributed by atoms with Gasteiger partial charge in [-0.1, -0.05) is 32.9 Å². The highest BCUT2D eigenvalue weighted by Gasteiger charge is 2.36. The molecule has 3 N–H and O–H groups in total. The molecule has 1 heterocycles. The molecule has 0 aliphatic carbocycles. The van der Waals surface area contributed by atoms with Gasteiger partial charge in [0, 0.05) is 13.0 Å². The Kier molecular flexibility index (Phi) is 6.13. The SMILES string of the molecule is CCC(CC)(Cc1nc2ccccc2s1)C(=O)NCC(C)CN. The summed E-state index contributed by atoms with van der Waals surface area (Å²) < 4.78 is 1.18. The normalized spacial score (nSPS) is 13.2.